The van der Waals surface area contributed by atoms with Gasteiger partial charge < -0.3 is 19.3 Å². The summed E-state index contributed by atoms with van der Waals surface area (Å²) in [6, 6.07) is 12.6. The lowest BCUT2D eigenvalue weighted by Gasteiger charge is -2.37. The second-order valence-corrected chi connectivity index (χ2v) is 10.7. The third-order valence-corrected chi connectivity index (χ3v) is 7.21. The van der Waals surface area contributed by atoms with E-state index in [9.17, 15) is 29.0 Å². The van der Waals surface area contributed by atoms with Crippen molar-refractivity contribution < 1.29 is 33.5 Å². The minimum absolute atomic E-state index is 0.0132. The Morgan fingerprint density at radius 2 is 1.76 bits per heavy atom. The quantitative estimate of drug-likeness (QED) is 0.333. The van der Waals surface area contributed by atoms with Crippen LogP contribution in [0.2, 0.25) is 0 Å². The Bertz CT molecular complexity index is 1110. The maximum atomic E-state index is 14.0. The first-order chi connectivity index (χ1) is 16.1. The van der Waals surface area contributed by atoms with Gasteiger partial charge in [0, 0.05) is 23.9 Å². The molecule has 0 aliphatic heterocycles. The van der Waals surface area contributed by atoms with E-state index in [0.29, 0.717) is 10.4 Å². The number of benzene rings is 1. The van der Waals surface area contributed by atoms with E-state index in [0.717, 1.165) is 9.57 Å². The summed E-state index contributed by atoms with van der Waals surface area (Å²) in [6.45, 7) is 3.15. The van der Waals surface area contributed by atoms with Crippen molar-refractivity contribution in [3.63, 3.8) is 0 Å². The number of carbonyl (C=O) groups excluding carboxylic acids is 1. The molecule has 0 aliphatic rings. The van der Waals surface area contributed by atoms with Gasteiger partial charge in [-0.3, -0.25) is 9.69 Å². The molecule has 3 rings (SSSR count). The fourth-order valence-electron chi connectivity index (χ4n) is 3.76. The fourth-order valence-corrected chi connectivity index (χ4v) is 5.59. The van der Waals surface area contributed by atoms with E-state index in [1.807, 2.05) is 0 Å². The average molecular weight is 507 g/mol. The van der Waals surface area contributed by atoms with Gasteiger partial charge >= 0.3 is 13.7 Å². The van der Waals surface area contributed by atoms with Crippen LogP contribution in [0.3, 0.4) is 0 Å². The molecule has 2 heterocycles. The van der Waals surface area contributed by atoms with Crippen molar-refractivity contribution in [1.29, 1.82) is 0 Å². The van der Waals surface area contributed by atoms with Crippen LogP contribution in [0.4, 0.5) is 5.88 Å². The molecule has 0 aliphatic carbocycles. The minimum atomic E-state index is -4.90. The smallest absolute Gasteiger partial charge is 0.404 e. The zero-order chi connectivity index (χ0) is 24.9. The number of hydrogen-bond donors (Lipinski definition) is 3. The molecule has 0 spiro atoms. The first-order valence-corrected chi connectivity index (χ1v) is 13.0. The van der Waals surface area contributed by atoms with Crippen molar-refractivity contribution in [3.05, 3.63) is 76.7 Å². The molecular weight excluding hydrogens is 479 g/mol. The van der Waals surface area contributed by atoms with Crippen molar-refractivity contribution in [3.8, 4) is 0 Å². The van der Waals surface area contributed by atoms with E-state index in [1.165, 1.54) is 29.7 Å². The van der Waals surface area contributed by atoms with Crippen LogP contribution < -0.4 is 4.90 Å². The Kier molecular flexibility index (Phi) is 8.46. The lowest BCUT2D eigenvalue weighted by molar-refractivity contribution is -0.141. The molecule has 11 heteroatoms. The van der Waals surface area contributed by atoms with Crippen molar-refractivity contribution in [2.45, 2.75) is 38.9 Å². The number of hydrogen-bond acceptors (Lipinski definition) is 5. The summed E-state index contributed by atoms with van der Waals surface area (Å²) >= 11 is 1.30. The molecule has 0 bridgehead atoms. The summed E-state index contributed by atoms with van der Waals surface area (Å²) in [4.78, 5) is 48.3. The molecular formula is C23H27N2O7PS. The Balaban J connectivity index is 2.06. The van der Waals surface area contributed by atoms with Gasteiger partial charge in [0.05, 0.1) is 6.26 Å². The number of anilines is 1. The van der Waals surface area contributed by atoms with Crippen molar-refractivity contribution >= 4 is 36.8 Å². The number of amides is 1. The number of aliphatic carboxylic acids is 1. The van der Waals surface area contributed by atoms with Gasteiger partial charge in [0.25, 0.3) is 0 Å². The zero-order valence-corrected chi connectivity index (χ0v) is 20.4. The van der Waals surface area contributed by atoms with Crippen molar-refractivity contribution in [1.82, 2.24) is 4.67 Å². The molecule has 2 atom stereocenters. The van der Waals surface area contributed by atoms with Crippen molar-refractivity contribution in [2.75, 3.05) is 4.90 Å². The molecule has 2 unspecified atom stereocenters. The van der Waals surface area contributed by atoms with E-state index >= 15 is 0 Å². The highest BCUT2D eigenvalue weighted by Gasteiger charge is 2.44. The Labute approximate surface area is 201 Å². The maximum Gasteiger partial charge on any atom is 0.404 e. The number of carbonyl (C=O) groups is 2. The molecule has 0 radical (unpaired) electrons. The van der Waals surface area contributed by atoms with Gasteiger partial charge in [0.1, 0.15) is 12.1 Å². The lowest BCUT2D eigenvalue weighted by atomic mass is 9.99. The normalized spacial score (nSPS) is 13.7. The van der Waals surface area contributed by atoms with Crippen molar-refractivity contribution in [2.24, 2.45) is 5.92 Å². The maximum absolute atomic E-state index is 14.0. The Hall–Kier alpha value is -2.75. The third kappa shape index (κ3) is 6.22. The zero-order valence-electron chi connectivity index (χ0n) is 18.7. The van der Waals surface area contributed by atoms with Crippen LogP contribution in [0.15, 0.2) is 70.7 Å². The van der Waals surface area contributed by atoms with E-state index in [4.69, 9.17) is 4.42 Å². The number of rotatable bonds is 11. The van der Waals surface area contributed by atoms with Crippen LogP contribution >= 0.6 is 19.1 Å². The van der Waals surface area contributed by atoms with Gasteiger partial charge in [-0.1, -0.05) is 50.2 Å². The monoisotopic (exact) mass is 506 g/mol. The predicted octanol–water partition coefficient (Wildman–Crippen LogP) is 3.99. The molecule has 0 saturated heterocycles. The van der Waals surface area contributed by atoms with Crippen LogP contribution in [0, 0.1) is 5.92 Å². The molecule has 182 valence electrons. The summed E-state index contributed by atoms with van der Waals surface area (Å²) in [5.41, 5.74) is 0.686. The molecule has 2 aromatic heterocycles. The first-order valence-electron chi connectivity index (χ1n) is 10.6. The van der Waals surface area contributed by atoms with E-state index < -0.39 is 37.6 Å². The first kappa shape index (κ1) is 25.9. The summed E-state index contributed by atoms with van der Waals surface area (Å²) in [6.07, 6.45) is 1.29. The van der Waals surface area contributed by atoms with Crippen LogP contribution in [0.5, 0.6) is 0 Å². The van der Waals surface area contributed by atoms with E-state index in [1.54, 1.807) is 61.7 Å². The molecule has 1 aromatic carbocycles. The molecule has 0 saturated carbocycles. The number of carboxylic acids is 1. The van der Waals surface area contributed by atoms with Crippen LogP contribution in [-0.2, 0) is 27.1 Å². The molecule has 3 aromatic rings. The fraction of sp³-hybridized carbons (Fsp3) is 0.304. The number of furan rings is 1. The van der Waals surface area contributed by atoms with Gasteiger partial charge in [-0.25, -0.2) is 9.36 Å². The summed E-state index contributed by atoms with van der Waals surface area (Å²) in [5.74, 6) is -2.60. The topological polar surface area (TPSA) is 132 Å². The second kappa shape index (κ2) is 11.1. The second-order valence-electron chi connectivity index (χ2n) is 8.08. The summed E-state index contributed by atoms with van der Waals surface area (Å²) < 4.78 is 18.8. The SMILES string of the molecule is CC(C)C(C(=O)N(c1ccco1)C(Cc1ccccc1)C(=O)O)N(Cc1cccs1)P(=O)(O)O. The molecule has 9 nitrogen and oxygen atoms in total. The van der Waals surface area contributed by atoms with Gasteiger partial charge in [0.2, 0.25) is 11.8 Å². The molecule has 0 fully saturated rings. The van der Waals surface area contributed by atoms with Gasteiger partial charge in [-0.2, -0.15) is 4.67 Å². The van der Waals surface area contributed by atoms with Gasteiger partial charge in [0.15, 0.2) is 0 Å². The van der Waals surface area contributed by atoms with Crippen LogP contribution in [0.25, 0.3) is 0 Å². The summed E-state index contributed by atoms with van der Waals surface area (Å²) in [7, 11) is -4.90. The van der Waals surface area contributed by atoms with Gasteiger partial charge in [-0.15, -0.1) is 11.3 Å². The highest BCUT2D eigenvalue weighted by atomic mass is 32.1. The largest absolute Gasteiger partial charge is 0.480 e. The highest BCUT2D eigenvalue weighted by molar-refractivity contribution is 7.49. The lowest BCUT2D eigenvalue weighted by Crippen LogP contribution is -2.55. The molecule has 1 amide bonds. The third-order valence-electron chi connectivity index (χ3n) is 5.29. The Morgan fingerprint density at radius 1 is 1.06 bits per heavy atom. The molecule has 34 heavy (non-hydrogen) atoms. The molecule has 3 N–H and O–H groups in total. The van der Waals surface area contributed by atoms with E-state index in [2.05, 4.69) is 0 Å². The Morgan fingerprint density at radius 3 is 2.26 bits per heavy atom. The predicted molar refractivity (Wildman–Crippen MR) is 128 cm³/mol. The number of carboxylic acid groups (broad SMARTS) is 1. The van der Waals surface area contributed by atoms with Crippen LogP contribution in [-0.4, -0.2) is 43.5 Å². The summed E-state index contributed by atoms with van der Waals surface area (Å²) in [5, 5.41) is 11.9. The highest BCUT2D eigenvalue weighted by Crippen LogP contribution is 2.45. The number of thiophene rings is 1. The van der Waals surface area contributed by atoms with Crippen LogP contribution in [0.1, 0.15) is 24.3 Å². The standard InChI is InChI=1S/C23H27N2O7PS/c1-16(2)21(24(33(29,30)31)15-18-10-7-13-34-18)22(26)25(20-11-6-12-32-20)19(23(27)28)14-17-8-4-3-5-9-17/h3-13,16,19,21H,14-15H2,1-2H3,(H,27,28)(H2,29,30,31). The number of nitrogens with zero attached hydrogens (tertiary/aromatic N) is 2. The van der Waals surface area contributed by atoms with E-state index in [-0.39, 0.29) is 18.8 Å². The minimum Gasteiger partial charge on any atom is -0.480 e. The van der Waals surface area contributed by atoms with Gasteiger partial charge in [-0.05, 0) is 29.0 Å². The average Bonchev–Trinajstić information content (AvgIpc) is 3.47.